The van der Waals surface area contributed by atoms with Crippen molar-refractivity contribution in [3.8, 4) is 5.75 Å². The van der Waals surface area contributed by atoms with Crippen LogP contribution in [0.1, 0.15) is 43.1 Å². The third-order valence-corrected chi connectivity index (χ3v) is 5.03. The summed E-state index contributed by atoms with van der Waals surface area (Å²) in [5.74, 6) is -0.604. The van der Waals surface area contributed by atoms with E-state index < -0.39 is 17.2 Å². The molecule has 3 rings (SSSR count). The highest BCUT2D eigenvalue weighted by Crippen LogP contribution is 2.27. The Morgan fingerprint density at radius 3 is 2.63 bits per heavy atom. The molecule has 0 saturated carbocycles. The number of benzene rings is 2. The molecule has 9 heteroatoms. The van der Waals surface area contributed by atoms with Gasteiger partial charge in [0.15, 0.2) is 23.5 Å². The molecule has 0 spiro atoms. The maximum absolute atomic E-state index is 13.7. The number of nitrogens with zero attached hydrogens (tertiary/aromatic N) is 2. The number of amides is 1. The molecule has 156 valence electrons. The summed E-state index contributed by atoms with van der Waals surface area (Å²) in [7, 11) is 0. The van der Waals surface area contributed by atoms with E-state index in [1.165, 1.54) is 19.1 Å². The molecule has 1 amide bonds. The normalized spacial score (nSPS) is 12.8. The lowest BCUT2D eigenvalue weighted by atomic mass is 10.1. The van der Waals surface area contributed by atoms with Crippen molar-refractivity contribution < 1.29 is 23.1 Å². The number of carbonyl (C=O) groups excluding carboxylic acids is 2. The minimum Gasteiger partial charge on any atom is -0.478 e. The first-order valence-corrected chi connectivity index (χ1v) is 10.0. The van der Waals surface area contributed by atoms with Crippen LogP contribution in [0.2, 0.25) is 0 Å². The van der Waals surface area contributed by atoms with E-state index >= 15 is 0 Å². The summed E-state index contributed by atoms with van der Waals surface area (Å²) in [6.07, 6.45) is -0.665. The van der Waals surface area contributed by atoms with Crippen LogP contribution in [0.3, 0.4) is 0 Å². The van der Waals surface area contributed by atoms with Gasteiger partial charge in [-0.3, -0.25) is 9.59 Å². The second-order valence-corrected chi connectivity index (χ2v) is 7.78. The van der Waals surface area contributed by atoms with Crippen LogP contribution in [-0.2, 0) is 4.79 Å². The lowest BCUT2D eigenvalue weighted by Crippen LogP contribution is -2.22. The van der Waals surface area contributed by atoms with Crippen LogP contribution in [0.5, 0.6) is 5.75 Å². The number of halogens is 1. The van der Waals surface area contributed by atoms with E-state index in [2.05, 4.69) is 15.5 Å². The maximum Gasteiger partial charge on any atom is 0.277 e. The molecule has 1 N–H and O–H groups in total. The molecule has 0 radical (unpaired) electrons. The van der Waals surface area contributed by atoms with Crippen LogP contribution in [0.15, 0.2) is 58.2 Å². The number of Topliss-reactive ketones (excluding diaryl/α,β-unsaturated/α-hetero) is 1. The van der Waals surface area contributed by atoms with Gasteiger partial charge in [0.05, 0.1) is 5.25 Å². The Hall–Kier alpha value is -3.20. The second-order valence-electron chi connectivity index (χ2n) is 6.48. The molecule has 0 bridgehead atoms. The van der Waals surface area contributed by atoms with Gasteiger partial charge in [-0.2, -0.15) is 0 Å². The predicted octanol–water partition coefficient (Wildman–Crippen LogP) is 4.67. The number of anilines is 1. The van der Waals surface area contributed by atoms with Crippen LogP contribution < -0.4 is 10.1 Å². The first-order chi connectivity index (χ1) is 14.3. The van der Waals surface area contributed by atoms with Gasteiger partial charge in [-0.15, -0.1) is 10.2 Å². The van der Waals surface area contributed by atoms with Gasteiger partial charge in [0, 0.05) is 11.3 Å². The molecule has 0 aliphatic heterocycles. The van der Waals surface area contributed by atoms with Gasteiger partial charge in [-0.1, -0.05) is 36.0 Å². The minimum atomic E-state index is -0.665. The largest absolute Gasteiger partial charge is 0.478 e. The minimum absolute atomic E-state index is 0.0814. The van der Waals surface area contributed by atoms with Crippen LogP contribution in [0.4, 0.5) is 10.1 Å². The Labute approximate surface area is 177 Å². The van der Waals surface area contributed by atoms with Gasteiger partial charge in [-0.05, 0) is 45.0 Å². The first kappa shape index (κ1) is 21.5. The summed E-state index contributed by atoms with van der Waals surface area (Å²) in [5, 5.41) is 10.2. The highest BCUT2D eigenvalue weighted by atomic mass is 32.2. The van der Waals surface area contributed by atoms with Gasteiger partial charge >= 0.3 is 0 Å². The number of ketones is 1. The van der Waals surface area contributed by atoms with Crippen molar-refractivity contribution in [2.75, 3.05) is 5.32 Å². The Morgan fingerprint density at radius 1 is 1.13 bits per heavy atom. The Balaban J connectivity index is 1.59. The predicted molar refractivity (Wildman–Crippen MR) is 110 cm³/mol. The van der Waals surface area contributed by atoms with Crippen molar-refractivity contribution in [2.24, 2.45) is 0 Å². The molecule has 2 aromatic carbocycles. The van der Waals surface area contributed by atoms with Crippen molar-refractivity contribution >= 4 is 29.1 Å². The van der Waals surface area contributed by atoms with Crippen molar-refractivity contribution in [1.29, 1.82) is 0 Å². The lowest BCUT2D eigenvalue weighted by Gasteiger charge is -2.11. The van der Waals surface area contributed by atoms with E-state index in [1.807, 2.05) is 0 Å². The van der Waals surface area contributed by atoms with Gasteiger partial charge in [0.1, 0.15) is 0 Å². The highest BCUT2D eigenvalue weighted by Gasteiger charge is 2.21. The van der Waals surface area contributed by atoms with Crippen LogP contribution in [0, 0.1) is 5.82 Å². The quantitative estimate of drug-likeness (QED) is 0.411. The zero-order valence-corrected chi connectivity index (χ0v) is 17.4. The summed E-state index contributed by atoms with van der Waals surface area (Å²) < 4.78 is 24.8. The highest BCUT2D eigenvalue weighted by molar-refractivity contribution is 8.00. The van der Waals surface area contributed by atoms with Crippen molar-refractivity contribution in [3.63, 3.8) is 0 Å². The average Bonchev–Trinajstić information content (AvgIpc) is 3.18. The number of hydrogen-bond donors (Lipinski definition) is 1. The third-order valence-electron chi connectivity index (χ3n) is 4.09. The summed E-state index contributed by atoms with van der Waals surface area (Å²) in [6.45, 7) is 4.81. The van der Waals surface area contributed by atoms with Crippen molar-refractivity contribution in [2.45, 2.75) is 37.3 Å². The fourth-order valence-electron chi connectivity index (χ4n) is 2.48. The number of para-hydroxylation sites is 1. The summed E-state index contributed by atoms with van der Waals surface area (Å²) in [4.78, 5) is 23.9. The molecule has 7 nitrogen and oxygen atoms in total. The molecule has 1 aromatic heterocycles. The second kappa shape index (κ2) is 9.53. The molecule has 30 heavy (non-hydrogen) atoms. The van der Waals surface area contributed by atoms with Gasteiger partial charge < -0.3 is 14.5 Å². The van der Waals surface area contributed by atoms with Gasteiger partial charge in [0.2, 0.25) is 5.91 Å². The number of ether oxygens (including phenoxy) is 1. The number of thioether (sulfide) groups is 1. The number of hydrogen-bond acceptors (Lipinski definition) is 7. The molecule has 0 saturated heterocycles. The zero-order chi connectivity index (χ0) is 21.7. The molecule has 0 aliphatic carbocycles. The third kappa shape index (κ3) is 5.44. The molecule has 0 fully saturated rings. The van der Waals surface area contributed by atoms with Crippen molar-refractivity contribution in [1.82, 2.24) is 10.2 Å². The van der Waals surface area contributed by atoms with E-state index in [9.17, 15) is 14.0 Å². The van der Waals surface area contributed by atoms with Gasteiger partial charge in [-0.25, -0.2) is 4.39 Å². The Bertz CT molecular complexity index is 1060. The van der Waals surface area contributed by atoms with Crippen LogP contribution in [0.25, 0.3) is 0 Å². The summed E-state index contributed by atoms with van der Waals surface area (Å²) in [5.41, 5.74) is 1.04. The summed E-state index contributed by atoms with van der Waals surface area (Å²) in [6, 6.07) is 12.7. The smallest absolute Gasteiger partial charge is 0.277 e. The molecular weight excluding hydrogens is 409 g/mol. The number of nitrogens with one attached hydrogen (secondary N) is 1. The lowest BCUT2D eigenvalue weighted by molar-refractivity contribution is -0.115. The van der Waals surface area contributed by atoms with Crippen LogP contribution in [-0.4, -0.2) is 27.1 Å². The Kier molecular flexibility index (Phi) is 6.83. The van der Waals surface area contributed by atoms with Crippen molar-refractivity contribution in [3.05, 3.63) is 65.8 Å². The van der Waals surface area contributed by atoms with E-state index in [0.717, 1.165) is 11.8 Å². The fraction of sp³-hybridized carbons (Fsp3) is 0.238. The SMILES string of the molecule is CC(=O)c1cccc(NC(=O)[C@@H](C)Sc2nnc([C@@H](C)Oc3ccccc3F)o2)c1. The van der Waals surface area contributed by atoms with E-state index in [1.54, 1.807) is 50.2 Å². The average molecular weight is 429 g/mol. The van der Waals surface area contributed by atoms with Gasteiger partial charge in [0.25, 0.3) is 11.1 Å². The monoisotopic (exact) mass is 429 g/mol. The molecule has 0 unspecified atom stereocenters. The van der Waals surface area contributed by atoms with Crippen LogP contribution >= 0.6 is 11.8 Å². The van der Waals surface area contributed by atoms with E-state index in [4.69, 9.17) is 9.15 Å². The first-order valence-electron chi connectivity index (χ1n) is 9.16. The zero-order valence-electron chi connectivity index (χ0n) is 16.6. The molecule has 3 aromatic rings. The number of rotatable bonds is 8. The topological polar surface area (TPSA) is 94.3 Å². The fourth-order valence-corrected chi connectivity index (χ4v) is 3.17. The summed E-state index contributed by atoms with van der Waals surface area (Å²) >= 11 is 1.08. The molecule has 2 atom stereocenters. The maximum atomic E-state index is 13.7. The van der Waals surface area contributed by atoms with E-state index in [0.29, 0.717) is 11.3 Å². The molecule has 1 heterocycles. The number of aromatic nitrogens is 2. The molecular formula is C21H20FN3O4S. The van der Waals surface area contributed by atoms with E-state index in [-0.39, 0.29) is 28.6 Å². The Morgan fingerprint density at radius 2 is 1.90 bits per heavy atom. The standard InChI is InChI=1S/C21H20FN3O4S/c1-12(26)15-7-6-8-16(11-15)23-19(27)14(3)30-21-25-24-20(29-21)13(2)28-18-10-5-4-9-17(18)22/h4-11,13-14H,1-3H3,(H,23,27)/t13-,14-/m1/s1. The molecule has 0 aliphatic rings. The number of carbonyl (C=O) groups is 2.